The van der Waals surface area contributed by atoms with E-state index in [0.717, 1.165) is 25.7 Å². The molecular weight excluding hydrogens is 320 g/mol. The van der Waals surface area contributed by atoms with Crippen molar-refractivity contribution >= 4 is 23.5 Å². The molecule has 1 aromatic rings. The Morgan fingerprint density at radius 2 is 2.04 bits per heavy atom. The molecule has 4 rings (SSSR count). The second kappa shape index (κ2) is 5.86. The predicted molar refractivity (Wildman–Crippen MR) is 91.0 cm³/mol. The Labute approximate surface area is 146 Å². The molecule has 6 heteroatoms. The molecule has 0 radical (unpaired) electrons. The molecule has 0 N–H and O–H groups in total. The van der Waals surface area contributed by atoms with Gasteiger partial charge in [-0.25, -0.2) is 4.79 Å². The third-order valence-corrected chi connectivity index (χ3v) is 5.27. The van der Waals surface area contributed by atoms with Crippen molar-refractivity contribution in [2.75, 3.05) is 11.5 Å². The Morgan fingerprint density at radius 1 is 1.28 bits per heavy atom. The normalized spacial score (nSPS) is 25.0. The van der Waals surface area contributed by atoms with Gasteiger partial charge in [-0.05, 0) is 31.4 Å². The van der Waals surface area contributed by atoms with Crippen molar-refractivity contribution in [1.82, 2.24) is 4.90 Å². The fraction of sp³-hybridized carbons (Fsp3) is 0.526. The smallest absolute Gasteiger partial charge is 0.353 e. The maximum atomic E-state index is 13.2. The van der Waals surface area contributed by atoms with E-state index >= 15 is 0 Å². The summed E-state index contributed by atoms with van der Waals surface area (Å²) in [6.07, 6.45) is 3.95. The molecule has 25 heavy (non-hydrogen) atoms. The molecular formula is C19H22N2O4. The van der Waals surface area contributed by atoms with Crippen molar-refractivity contribution in [3.63, 3.8) is 0 Å². The van der Waals surface area contributed by atoms with E-state index < -0.39 is 11.6 Å². The summed E-state index contributed by atoms with van der Waals surface area (Å²) in [5.41, 5.74) is -0.293. The van der Waals surface area contributed by atoms with Crippen LogP contribution < -0.4 is 4.90 Å². The van der Waals surface area contributed by atoms with E-state index in [9.17, 15) is 14.4 Å². The van der Waals surface area contributed by atoms with E-state index in [-0.39, 0.29) is 24.3 Å². The highest BCUT2D eigenvalue weighted by molar-refractivity contribution is 6.15. The molecule has 2 heterocycles. The van der Waals surface area contributed by atoms with Crippen LogP contribution in [-0.2, 0) is 14.3 Å². The number of benzene rings is 1. The number of anilines is 1. The van der Waals surface area contributed by atoms with Crippen LogP contribution >= 0.6 is 0 Å². The quantitative estimate of drug-likeness (QED) is 0.609. The lowest BCUT2D eigenvalue weighted by molar-refractivity contribution is -0.157. The van der Waals surface area contributed by atoms with Crippen LogP contribution in [0.2, 0.25) is 0 Å². The first kappa shape index (κ1) is 16.1. The zero-order valence-corrected chi connectivity index (χ0v) is 14.4. The van der Waals surface area contributed by atoms with Crippen molar-refractivity contribution in [3.05, 3.63) is 29.8 Å². The van der Waals surface area contributed by atoms with Crippen molar-refractivity contribution in [2.24, 2.45) is 0 Å². The number of rotatable bonds is 5. The zero-order chi connectivity index (χ0) is 17.6. The average Bonchev–Trinajstić information content (AvgIpc) is 3.38. The van der Waals surface area contributed by atoms with E-state index in [1.54, 1.807) is 29.2 Å². The number of fused-ring (bicyclic) bond motifs is 3. The van der Waals surface area contributed by atoms with Gasteiger partial charge in [0.1, 0.15) is 0 Å². The number of para-hydroxylation sites is 1. The highest BCUT2D eigenvalue weighted by Crippen LogP contribution is 2.49. The highest BCUT2D eigenvalue weighted by Gasteiger charge is 2.64. The first-order valence-electron chi connectivity index (χ1n) is 9.04. The van der Waals surface area contributed by atoms with Gasteiger partial charge in [-0.1, -0.05) is 25.5 Å². The molecule has 0 aromatic heterocycles. The van der Waals surface area contributed by atoms with Crippen LogP contribution in [0.15, 0.2) is 24.3 Å². The van der Waals surface area contributed by atoms with Crippen molar-refractivity contribution in [3.8, 4) is 0 Å². The van der Waals surface area contributed by atoms with Gasteiger partial charge in [0.05, 0.1) is 17.9 Å². The monoisotopic (exact) mass is 342 g/mol. The number of nitrogens with zero attached hydrogens (tertiary/aromatic N) is 2. The summed E-state index contributed by atoms with van der Waals surface area (Å²) in [6, 6.07) is 7.06. The summed E-state index contributed by atoms with van der Waals surface area (Å²) >= 11 is 0. The molecule has 1 aliphatic carbocycles. The lowest BCUT2D eigenvalue weighted by Gasteiger charge is -2.48. The summed E-state index contributed by atoms with van der Waals surface area (Å²) in [6.45, 7) is 2.34. The number of ether oxygens (including phenoxy) is 1. The SMILES string of the molecule is CCCCOC(=O)[C@@]12CCC(=O)N1c1ccccc1C(=O)N2C1CC1. The first-order chi connectivity index (χ1) is 12.1. The van der Waals surface area contributed by atoms with Crippen LogP contribution in [0.3, 0.4) is 0 Å². The molecule has 0 bridgehead atoms. The standard InChI is InChI=1S/C19H22N2O4/c1-2-3-12-25-18(24)19-11-10-16(22)21(19)15-7-5-4-6-14(15)17(23)20(19)13-8-9-13/h4-7,13H,2-3,8-12H2,1H3/t19-/m1/s1. The van der Waals surface area contributed by atoms with E-state index in [2.05, 4.69) is 0 Å². The van der Waals surface area contributed by atoms with Gasteiger partial charge in [-0.15, -0.1) is 0 Å². The van der Waals surface area contributed by atoms with Crippen molar-refractivity contribution in [1.29, 1.82) is 0 Å². The summed E-state index contributed by atoms with van der Waals surface area (Å²) < 4.78 is 5.52. The average molecular weight is 342 g/mol. The number of hydrogen-bond donors (Lipinski definition) is 0. The van der Waals surface area contributed by atoms with Gasteiger partial charge >= 0.3 is 5.97 Å². The van der Waals surface area contributed by atoms with Crippen molar-refractivity contribution in [2.45, 2.75) is 57.2 Å². The number of hydrogen-bond acceptors (Lipinski definition) is 4. The third kappa shape index (κ3) is 2.27. The fourth-order valence-electron chi connectivity index (χ4n) is 3.94. The highest BCUT2D eigenvalue weighted by atomic mass is 16.5. The Balaban J connectivity index is 1.82. The Kier molecular flexibility index (Phi) is 3.78. The molecule has 2 fully saturated rings. The van der Waals surface area contributed by atoms with E-state index in [4.69, 9.17) is 4.74 Å². The molecule has 1 saturated carbocycles. The molecule has 2 aliphatic heterocycles. The predicted octanol–water partition coefficient (Wildman–Crippen LogP) is 2.47. The number of unbranched alkanes of at least 4 members (excludes halogenated alkanes) is 1. The van der Waals surface area contributed by atoms with Crippen molar-refractivity contribution < 1.29 is 19.1 Å². The van der Waals surface area contributed by atoms with Crippen LogP contribution in [-0.4, -0.2) is 41.0 Å². The Morgan fingerprint density at radius 3 is 2.76 bits per heavy atom. The summed E-state index contributed by atoms with van der Waals surface area (Å²) in [5, 5.41) is 0. The largest absolute Gasteiger partial charge is 0.463 e. The van der Waals surface area contributed by atoms with Gasteiger partial charge in [0, 0.05) is 18.9 Å². The molecule has 0 unspecified atom stereocenters. The van der Waals surface area contributed by atoms with Crippen LogP contribution in [0, 0.1) is 0 Å². The molecule has 3 aliphatic rings. The molecule has 0 spiro atoms. The fourth-order valence-corrected chi connectivity index (χ4v) is 3.94. The maximum absolute atomic E-state index is 13.2. The second-order valence-electron chi connectivity index (χ2n) is 6.96. The molecule has 1 atom stereocenters. The number of carbonyl (C=O) groups excluding carboxylic acids is 3. The van der Waals surface area contributed by atoms with Gasteiger partial charge in [0.25, 0.3) is 5.91 Å². The lowest BCUT2D eigenvalue weighted by Crippen LogP contribution is -2.69. The van der Waals surface area contributed by atoms with Gasteiger partial charge < -0.3 is 9.64 Å². The van der Waals surface area contributed by atoms with Crippen LogP contribution in [0.5, 0.6) is 0 Å². The number of carbonyl (C=O) groups is 3. The van der Waals surface area contributed by atoms with E-state index in [1.165, 1.54) is 4.90 Å². The second-order valence-corrected chi connectivity index (χ2v) is 6.96. The van der Waals surface area contributed by atoms with Gasteiger partial charge in [0.15, 0.2) is 0 Å². The van der Waals surface area contributed by atoms with Crippen LogP contribution in [0.25, 0.3) is 0 Å². The van der Waals surface area contributed by atoms with E-state index in [0.29, 0.717) is 24.3 Å². The number of amides is 2. The maximum Gasteiger partial charge on any atom is 0.353 e. The van der Waals surface area contributed by atoms with Crippen LogP contribution in [0.4, 0.5) is 5.69 Å². The minimum Gasteiger partial charge on any atom is -0.463 e. The van der Waals surface area contributed by atoms with Gasteiger partial charge in [-0.2, -0.15) is 0 Å². The van der Waals surface area contributed by atoms with E-state index in [1.807, 2.05) is 6.92 Å². The number of esters is 1. The minimum atomic E-state index is -1.31. The molecule has 6 nitrogen and oxygen atoms in total. The summed E-state index contributed by atoms with van der Waals surface area (Å²) in [7, 11) is 0. The van der Waals surface area contributed by atoms with Gasteiger partial charge in [0.2, 0.25) is 11.6 Å². The zero-order valence-electron chi connectivity index (χ0n) is 14.4. The minimum absolute atomic E-state index is 0.00739. The molecule has 2 amide bonds. The summed E-state index contributed by atoms with van der Waals surface area (Å²) in [4.78, 5) is 42.1. The molecule has 1 saturated heterocycles. The Bertz CT molecular complexity index is 743. The van der Waals surface area contributed by atoms with Gasteiger partial charge in [-0.3, -0.25) is 14.5 Å². The molecule has 1 aromatic carbocycles. The molecule has 132 valence electrons. The summed E-state index contributed by atoms with van der Waals surface area (Å²) in [5.74, 6) is -0.768. The topological polar surface area (TPSA) is 66.9 Å². The first-order valence-corrected chi connectivity index (χ1v) is 9.04. The third-order valence-electron chi connectivity index (χ3n) is 5.27. The lowest BCUT2D eigenvalue weighted by atomic mass is 9.96. The Hall–Kier alpha value is -2.37. The van der Waals surface area contributed by atoms with Crippen LogP contribution in [0.1, 0.15) is 55.8 Å².